The first-order valence-corrected chi connectivity index (χ1v) is 9.73. The summed E-state index contributed by atoms with van der Waals surface area (Å²) >= 11 is 0. The average Bonchev–Trinajstić information content (AvgIpc) is 2.82. The van der Waals surface area contributed by atoms with Crippen molar-refractivity contribution in [1.82, 2.24) is 9.62 Å². The predicted octanol–water partition coefficient (Wildman–Crippen LogP) is 1.06. The highest BCUT2D eigenvalue weighted by molar-refractivity contribution is 7.89. The first kappa shape index (κ1) is 18.6. The van der Waals surface area contributed by atoms with Crippen LogP contribution in [0.2, 0.25) is 0 Å². The van der Waals surface area contributed by atoms with Crippen molar-refractivity contribution < 1.29 is 18.0 Å². The number of sulfonamides is 1. The first-order valence-electron chi connectivity index (χ1n) is 8.29. The van der Waals surface area contributed by atoms with Crippen LogP contribution in [-0.2, 0) is 26.0 Å². The van der Waals surface area contributed by atoms with Gasteiger partial charge in [0.25, 0.3) is 10.0 Å². The Morgan fingerprint density at radius 1 is 1.07 bits per heavy atom. The summed E-state index contributed by atoms with van der Waals surface area (Å²) < 4.78 is 26.5. The molecule has 2 amide bonds. The van der Waals surface area contributed by atoms with Crippen LogP contribution < -0.4 is 5.32 Å². The molecular weight excluding hydrogens is 366 g/mol. The van der Waals surface area contributed by atoms with E-state index in [1.165, 1.54) is 24.3 Å². The Kier molecular flexibility index (Phi) is 5.23. The summed E-state index contributed by atoms with van der Waals surface area (Å²) in [6.07, 6.45) is 0.319. The molecule has 1 heterocycles. The van der Waals surface area contributed by atoms with Crippen molar-refractivity contribution in [2.75, 3.05) is 13.1 Å². The number of nitrogens with one attached hydrogen (secondary N) is 1. The monoisotopic (exact) mass is 383 g/mol. The van der Waals surface area contributed by atoms with Gasteiger partial charge >= 0.3 is 0 Å². The lowest BCUT2D eigenvalue weighted by molar-refractivity contribution is -0.131. The smallest absolute Gasteiger partial charge is 0.266 e. The molecule has 27 heavy (non-hydrogen) atoms. The van der Waals surface area contributed by atoms with Crippen LogP contribution in [0.5, 0.6) is 0 Å². The number of hydrogen-bond donors (Lipinski definition) is 1. The molecule has 1 N–H and O–H groups in total. The molecule has 8 heteroatoms. The van der Waals surface area contributed by atoms with Gasteiger partial charge in [-0.15, -0.1) is 0 Å². The van der Waals surface area contributed by atoms with E-state index in [4.69, 9.17) is 5.26 Å². The minimum Gasteiger partial charge on any atom is -0.354 e. The average molecular weight is 383 g/mol. The molecule has 0 spiro atoms. The van der Waals surface area contributed by atoms with E-state index in [0.717, 1.165) is 5.56 Å². The quantitative estimate of drug-likeness (QED) is 0.850. The molecule has 2 aromatic carbocycles. The molecule has 0 aromatic heterocycles. The van der Waals surface area contributed by atoms with Crippen molar-refractivity contribution in [2.24, 2.45) is 5.92 Å². The molecule has 7 nitrogen and oxygen atoms in total. The Hall–Kier alpha value is -3.18. The number of amides is 2. The van der Waals surface area contributed by atoms with Gasteiger partial charge in [0.2, 0.25) is 11.8 Å². The summed E-state index contributed by atoms with van der Waals surface area (Å²) in [5.41, 5.74) is 1.18. The number of benzene rings is 2. The van der Waals surface area contributed by atoms with Gasteiger partial charge in [-0.25, -0.2) is 12.7 Å². The Morgan fingerprint density at radius 3 is 2.37 bits per heavy atom. The zero-order valence-electron chi connectivity index (χ0n) is 14.3. The SMILES string of the molecule is N#Cc1ccc(S(=O)(=O)N2CC(=O)NCC(Cc3ccccc3)C2=O)cc1. The van der Waals surface area contributed by atoms with Gasteiger partial charge in [-0.2, -0.15) is 5.26 Å². The molecule has 2 aromatic rings. The van der Waals surface area contributed by atoms with Gasteiger partial charge in [0.1, 0.15) is 6.54 Å². The van der Waals surface area contributed by atoms with Crippen LogP contribution in [0.3, 0.4) is 0 Å². The van der Waals surface area contributed by atoms with Crippen molar-refractivity contribution in [3.63, 3.8) is 0 Å². The lowest BCUT2D eigenvalue weighted by atomic mass is 9.99. The van der Waals surface area contributed by atoms with E-state index in [0.29, 0.717) is 16.3 Å². The van der Waals surface area contributed by atoms with Gasteiger partial charge in [-0.05, 0) is 36.2 Å². The normalized spacial score (nSPS) is 17.7. The van der Waals surface area contributed by atoms with Crippen LogP contribution >= 0.6 is 0 Å². The zero-order valence-corrected chi connectivity index (χ0v) is 15.1. The van der Waals surface area contributed by atoms with Crippen molar-refractivity contribution >= 4 is 21.8 Å². The molecule has 1 fully saturated rings. The highest BCUT2D eigenvalue weighted by Gasteiger charge is 2.37. The molecule has 0 bridgehead atoms. The van der Waals surface area contributed by atoms with Crippen molar-refractivity contribution in [2.45, 2.75) is 11.3 Å². The minimum absolute atomic E-state index is 0.0753. The second-order valence-electron chi connectivity index (χ2n) is 6.18. The third-order valence-electron chi connectivity index (χ3n) is 4.32. The zero-order chi connectivity index (χ0) is 19.4. The fraction of sp³-hybridized carbons (Fsp3) is 0.211. The van der Waals surface area contributed by atoms with E-state index in [2.05, 4.69) is 5.32 Å². The van der Waals surface area contributed by atoms with E-state index in [1.807, 2.05) is 36.4 Å². The topological polar surface area (TPSA) is 107 Å². The minimum atomic E-state index is -4.20. The summed E-state index contributed by atoms with van der Waals surface area (Å²) in [6.45, 7) is -0.488. The fourth-order valence-electron chi connectivity index (χ4n) is 2.88. The van der Waals surface area contributed by atoms with Gasteiger partial charge in [0.05, 0.1) is 22.4 Å². The van der Waals surface area contributed by atoms with E-state index in [1.54, 1.807) is 0 Å². The molecule has 3 rings (SSSR count). The maximum atomic E-state index is 12.9. The van der Waals surface area contributed by atoms with Crippen LogP contribution in [0.4, 0.5) is 0 Å². The summed E-state index contributed by atoms with van der Waals surface area (Å²) in [6, 6.07) is 16.4. The van der Waals surface area contributed by atoms with Crippen LogP contribution in [0, 0.1) is 17.2 Å². The molecule has 0 saturated carbocycles. The number of carbonyl (C=O) groups excluding carboxylic acids is 2. The Morgan fingerprint density at radius 2 is 1.74 bits per heavy atom. The van der Waals surface area contributed by atoms with Crippen molar-refractivity contribution in [3.8, 4) is 6.07 Å². The van der Waals surface area contributed by atoms with Gasteiger partial charge < -0.3 is 5.32 Å². The lowest BCUT2D eigenvalue weighted by Crippen LogP contribution is -2.42. The third kappa shape index (κ3) is 3.99. The number of nitriles is 1. The lowest BCUT2D eigenvalue weighted by Gasteiger charge is -2.23. The highest BCUT2D eigenvalue weighted by Crippen LogP contribution is 2.21. The maximum Gasteiger partial charge on any atom is 0.266 e. The molecule has 1 aliphatic rings. The Bertz CT molecular complexity index is 996. The van der Waals surface area contributed by atoms with E-state index < -0.39 is 34.3 Å². The summed E-state index contributed by atoms with van der Waals surface area (Å²) in [5.74, 6) is -1.84. The fourth-order valence-corrected chi connectivity index (χ4v) is 4.29. The van der Waals surface area contributed by atoms with Crippen LogP contribution in [0.1, 0.15) is 11.1 Å². The van der Waals surface area contributed by atoms with Gasteiger partial charge in [-0.1, -0.05) is 30.3 Å². The summed E-state index contributed by atoms with van der Waals surface area (Å²) in [4.78, 5) is 24.8. The largest absolute Gasteiger partial charge is 0.354 e. The molecule has 0 radical (unpaired) electrons. The Balaban J connectivity index is 1.92. The standard InChI is InChI=1S/C19H17N3O4S/c20-11-15-6-8-17(9-7-15)27(25,26)22-13-18(23)21-12-16(19(22)24)10-14-4-2-1-3-5-14/h1-9,16H,10,12-13H2,(H,21,23). The first-order chi connectivity index (χ1) is 12.9. The molecular formula is C19H17N3O4S. The maximum absolute atomic E-state index is 12.9. The second-order valence-corrected chi connectivity index (χ2v) is 8.04. The number of carbonyl (C=O) groups is 2. The molecule has 138 valence electrons. The van der Waals surface area contributed by atoms with E-state index in [9.17, 15) is 18.0 Å². The second kappa shape index (κ2) is 7.60. The van der Waals surface area contributed by atoms with Crippen molar-refractivity contribution in [3.05, 3.63) is 65.7 Å². The number of hydrogen-bond acceptors (Lipinski definition) is 5. The van der Waals surface area contributed by atoms with Gasteiger partial charge in [0, 0.05) is 6.54 Å². The van der Waals surface area contributed by atoms with Gasteiger partial charge in [0.15, 0.2) is 0 Å². The van der Waals surface area contributed by atoms with Crippen LogP contribution in [-0.4, -0.2) is 37.6 Å². The van der Waals surface area contributed by atoms with E-state index >= 15 is 0 Å². The number of rotatable bonds is 4. The van der Waals surface area contributed by atoms with Crippen LogP contribution in [0.25, 0.3) is 0 Å². The van der Waals surface area contributed by atoms with Crippen molar-refractivity contribution in [1.29, 1.82) is 5.26 Å². The molecule has 1 unspecified atom stereocenters. The highest BCUT2D eigenvalue weighted by atomic mass is 32.2. The van der Waals surface area contributed by atoms with E-state index in [-0.39, 0.29) is 11.4 Å². The summed E-state index contributed by atoms with van der Waals surface area (Å²) in [5, 5.41) is 11.5. The third-order valence-corrected chi connectivity index (χ3v) is 6.08. The van der Waals surface area contributed by atoms with Gasteiger partial charge in [-0.3, -0.25) is 9.59 Å². The van der Waals surface area contributed by atoms with Crippen LogP contribution in [0.15, 0.2) is 59.5 Å². The molecule has 1 atom stereocenters. The predicted molar refractivity (Wildman–Crippen MR) is 96.7 cm³/mol. The molecule has 1 saturated heterocycles. The molecule has 0 aliphatic carbocycles. The Labute approximate surface area is 157 Å². The number of nitrogens with zero attached hydrogens (tertiary/aromatic N) is 2. The summed E-state index contributed by atoms with van der Waals surface area (Å²) in [7, 11) is -4.20. The molecule has 1 aliphatic heterocycles.